The monoisotopic (exact) mass is 296 g/mol. The van der Waals surface area contributed by atoms with Gasteiger partial charge in [-0.05, 0) is 38.5 Å². The normalized spacial score (nSPS) is 20.6. The van der Waals surface area contributed by atoms with Crippen molar-refractivity contribution in [2.75, 3.05) is 19.6 Å². The van der Waals surface area contributed by atoms with E-state index in [2.05, 4.69) is 5.32 Å². The van der Waals surface area contributed by atoms with Crippen molar-refractivity contribution in [3.8, 4) is 5.75 Å². The predicted molar refractivity (Wildman–Crippen MR) is 80.3 cm³/mol. The van der Waals surface area contributed by atoms with Crippen LogP contribution in [0.4, 0.5) is 0 Å². The number of carbonyl (C=O) groups is 1. The number of piperazine rings is 1. The fraction of sp³-hybridized carbons (Fsp3) is 0.533. The van der Waals surface area contributed by atoms with Gasteiger partial charge in [0, 0.05) is 25.7 Å². The van der Waals surface area contributed by atoms with E-state index in [9.17, 15) is 4.79 Å². The Morgan fingerprint density at radius 1 is 1.55 bits per heavy atom. The highest BCUT2D eigenvalue weighted by atomic mass is 35.5. The van der Waals surface area contributed by atoms with Gasteiger partial charge < -0.3 is 15.0 Å². The number of hydrogen-bond donors (Lipinski definition) is 1. The Labute approximate surface area is 125 Å². The van der Waals surface area contributed by atoms with Crippen LogP contribution in [-0.2, 0) is 4.79 Å². The molecule has 0 saturated carbocycles. The van der Waals surface area contributed by atoms with Gasteiger partial charge in [0.15, 0.2) is 6.10 Å². The molecule has 5 heteroatoms. The summed E-state index contributed by atoms with van der Waals surface area (Å²) < 4.78 is 5.75. The minimum absolute atomic E-state index is 0.0107. The third-order valence-electron chi connectivity index (χ3n) is 3.52. The summed E-state index contributed by atoms with van der Waals surface area (Å²) in [5.41, 5.74) is 1.06. The molecular weight excluding hydrogens is 276 g/mol. The molecule has 1 aliphatic heterocycles. The number of aryl methyl sites for hydroxylation is 1. The second-order valence-electron chi connectivity index (χ2n) is 5.28. The summed E-state index contributed by atoms with van der Waals surface area (Å²) in [6.45, 7) is 8.15. The van der Waals surface area contributed by atoms with E-state index < -0.39 is 6.10 Å². The zero-order chi connectivity index (χ0) is 14.7. The van der Waals surface area contributed by atoms with E-state index in [1.54, 1.807) is 13.0 Å². The van der Waals surface area contributed by atoms with Gasteiger partial charge in [0.2, 0.25) is 0 Å². The van der Waals surface area contributed by atoms with Crippen molar-refractivity contribution < 1.29 is 9.53 Å². The summed E-state index contributed by atoms with van der Waals surface area (Å²) >= 11 is 6.10. The Hall–Kier alpha value is -1.26. The first-order valence-electron chi connectivity index (χ1n) is 6.93. The minimum atomic E-state index is -0.533. The van der Waals surface area contributed by atoms with Crippen LogP contribution in [0.1, 0.15) is 19.4 Å². The highest BCUT2D eigenvalue weighted by Crippen LogP contribution is 2.26. The van der Waals surface area contributed by atoms with Crippen LogP contribution in [0.15, 0.2) is 18.2 Å². The molecule has 20 heavy (non-hydrogen) atoms. The number of ether oxygens (including phenoxy) is 1. The molecule has 1 fully saturated rings. The molecule has 0 aliphatic carbocycles. The van der Waals surface area contributed by atoms with Crippen molar-refractivity contribution in [2.45, 2.75) is 32.9 Å². The van der Waals surface area contributed by atoms with Gasteiger partial charge in [-0.2, -0.15) is 0 Å². The molecule has 110 valence electrons. The molecule has 4 nitrogen and oxygen atoms in total. The molecule has 0 aromatic heterocycles. The Morgan fingerprint density at radius 3 is 3.00 bits per heavy atom. The quantitative estimate of drug-likeness (QED) is 0.930. The summed E-state index contributed by atoms with van der Waals surface area (Å²) in [4.78, 5) is 14.3. The molecule has 1 aromatic rings. The highest BCUT2D eigenvalue weighted by Gasteiger charge is 2.28. The molecule has 1 amide bonds. The lowest BCUT2D eigenvalue weighted by Crippen LogP contribution is -2.55. The first-order valence-corrected chi connectivity index (χ1v) is 7.31. The van der Waals surface area contributed by atoms with Crippen LogP contribution in [0.3, 0.4) is 0 Å². The second-order valence-corrected chi connectivity index (χ2v) is 5.69. The zero-order valence-corrected chi connectivity index (χ0v) is 12.9. The summed E-state index contributed by atoms with van der Waals surface area (Å²) in [5.74, 6) is 0.576. The maximum Gasteiger partial charge on any atom is 0.263 e. The van der Waals surface area contributed by atoms with Gasteiger partial charge in [-0.3, -0.25) is 4.79 Å². The zero-order valence-electron chi connectivity index (χ0n) is 12.1. The molecular formula is C15H21ClN2O2. The number of benzene rings is 1. The van der Waals surface area contributed by atoms with Crippen LogP contribution in [-0.4, -0.2) is 42.6 Å². The van der Waals surface area contributed by atoms with E-state index in [4.69, 9.17) is 16.3 Å². The Bertz CT molecular complexity index is 493. The molecule has 1 saturated heterocycles. The van der Waals surface area contributed by atoms with Crippen molar-refractivity contribution >= 4 is 17.5 Å². The van der Waals surface area contributed by atoms with E-state index in [1.165, 1.54) is 0 Å². The number of rotatable bonds is 3. The van der Waals surface area contributed by atoms with E-state index in [0.717, 1.165) is 25.2 Å². The van der Waals surface area contributed by atoms with E-state index in [0.29, 0.717) is 10.8 Å². The first kappa shape index (κ1) is 15.1. The van der Waals surface area contributed by atoms with Gasteiger partial charge in [0.25, 0.3) is 5.91 Å². The van der Waals surface area contributed by atoms with Crippen LogP contribution >= 0.6 is 11.6 Å². The average molecular weight is 297 g/mol. The topological polar surface area (TPSA) is 41.6 Å². The van der Waals surface area contributed by atoms with Gasteiger partial charge >= 0.3 is 0 Å². The number of hydrogen-bond acceptors (Lipinski definition) is 3. The van der Waals surface area contributed by atoms with Crippen molar-refractivity contribution in [1.29, 1.82) is 0 Å². The minimum Gasteiger partial charge on any atom is -0.479 e. The molecule has 2 rings (SSSR count). The molecule has 0 bridgehead atoms. The third-order valence-corrected chi connectivity index (χ3v) is 3.83. The first-order chi connectivity index (χ1) is 9.49. The van der Waals surface area contributed by atoms with Gasteiger partial charge in [-0.1, -0.05) is 17.7 Å². The fourth-order valence-corrected chi connectivity index (χ4v) is 2.51. The summed E-state index contributed by atoms with van der Waals surface area (Å²) in [6.07, 6.45) is -0.533. The molecule has 0 spiro atoms. The van der Waals surface area contributed by atoms with Crippen molar-refractivity contribution in [1.82, 2.24) is 10.2 Å². The number of nitrogens with zero attached hydrogens (tertiary/aromatic N) is 1. The van der Waals surface area contributed by atoms with Gasteiger partial charge in [0.05, 0.1) is 5.02 Å². The van der Waals surface area contributed by atoms with Crippen LogP contribution in [0.5, 0.6) is 5.75 Å². The molecule has 1 aliphatic rings. The lowest BCUT2D eigenvalue weighted by Gasteiger charge is -2.35. The molecule has 1 unspecified atom stereocenters. The van der Waals surface area contributed by atoms with Gasteiger partial charge in [0.1, 0.15) is 5.75 Å². The molecule has 1 N–H and O–H groups in total. The van der Waals surface area contributed by atoms with Crippen LogP contribution < -0.4 is 10.1 Å². The largest absolute Gasteiger partial charge is 0.479 e. The number of carbonyl (C=O) groups excluding carboxylic acids is 1. The standard InChI is InChI=1S/C15H21ClN2O2/c1-10-4-5-13(16)14(8-10)20-12(3)15(19)18-7-6-17-9-11(18)2/h4-5,8,11-12,17H,6-7,9H2,1-3H3/t11-,12?/m1/s1. The maximum absolute atomic E-state index is 12.4. The molecule has 0 radical (unpaired) electrons. The van der Waals surface area contributed by atoms with Crippen LogP contribution in [0.2, 0.25) is 5.02 Å². The fourth-order valence-electron chi connectivity index (χ4n) is 2.34. The smallest absolute Gasteiger partial charge is 0.263 e. The highest BCUT2D eigenvalue weighted by molar-refractivity contribution is 6.32. The summed E-state index contributed by atoms with van der Waals surface area (Å²) in [7, 11) is 0. The average Bonchev–Trinajstić information content (AvgIpc) is 2.42. The Kier molecular flexibility index (Phi) is 4.89. The second kappa shape index (κ2) is 6.46. The van der Waals surface area contributed by atoms with Crippen molar-refractivity contribution in [2.24, 2.45) is 0 Å². The van der Waals surface area contributed by atoms with E-state index >= 15 is 0 Å². The van der Waals surface area contributed by atoms with Gasteiger partial charge in [-0.25, -0.2) is 0 Å². The summed E-state index contributed by atoms with van der Waals surface area (Å²) in [6, 6.07) is 5.75. The van der Waals surface area contributed by atoms with Gasteiger partial charge in [-0.15, -0.1) is 0 Å². The van der Waals surface area contributed by atoms with E-state index in [1.807, 2.05) is 30.9 Å². The molecule has 1 aromatic carbocycles. The lowest BCUT2D eigenvalue weighted by molar-refractivity contribution is -0.140. The predicted octanol–water partition coefficient (Wildman–Crippen LogP) is 2.24. The van der Waals surface area contributed by atoms with Crippen molar-refractivity contribution in [3.63, 3.8) is 0 Å². The number of nitrogens with one attached hydrogen (secondary N) is 1. The number of amides is 1. The molecule has 1 heterocycles. The Morgan fingerprint density at radius 2 is 2.30 bits per heavy atom. The van der Waals surface area contributed by atoms with E-state index in [-0.39, 0.29) is 11.9 Å². The molecule has 2 atom stereocenters. The Balaban J connectivity index is 2.05. The van der Waals surface area contributed by atoms with Crippen LogP contribution in [0, 0.1) is 6.92 Å². The maximum atomic E-state index is 12.4. The third kappa shape index (κ3) is 3.44. The SMILES string of the molecule is Cc1ccc(Cl)c(OC(C)C(=O)N2CCNC[C@H]2C)c1. The van der Waals surface area contributed by atoms with Crippen molar-refractivity contribution in [3.05, 3.63) is 28.8 Å². The lowest BCUT2D eigenvalue weighted by atomic mass is 10.2. The number of halogens is 1. The van der Waals surface area contributed by atoms with Crippen LogP contribution in [0.25, 0.3) is 0 Å². The summed E-state index contributed by atoms with van der Waals surface area (Å²) in [5, 5.41) is 3.80.